The minimum absolute atomic E-state index is 0.0831. The maximum absolute atomic E-state index is 13.0. The minimum atomic E-state index is -0.160. The second-order valence-electron chi connectivity index (χ2n) is 6.39. The summed E-state index contributed by atoms with van der Waals surface area (Å²) in [6.07, 6.45) is 3.82. The van der Waals surface area contributed by atoms with Gasteiger partial charge in [0.05, 0.1) is 23.1 Å². The first-order valence-corrected chi connectivity index (χ1v) is 9.24. The molecule has 0 radical (unpaired) electrons. The predicted molar refractivity (Wildman–Crippen MR) is 108 cm³/mol. The predicted octanol–water partition coefficient (Wildman–Crippen LogP) is 5.12. The van der Waals surface area contributed by atoms with Crippen LogP contribution in [-0.4, -0.2) is 21.9 Å². The highest BCUT2D eigenvalue weighted by molar-refractivity contribution is 6.35. The van der Waals surface area contributed by atoms with Crippen LogP contribution in [0, 0.1) is 0 Å². The standard InChI is InChI=1S/C20H16Cl2N4O/c1-12-8-13-4-2-3-5-18(13)26(12)20(27)17-10-24-19(11-23-17)25-16-9-14(21)6-7-15(16)22/h2-7,9-12H,8H2,1H3,(H,24,25). The van der Waals surface area contributed by atoms with Gasteiger partial charge in [-0.2, -0.15) is 0 Å². The van der Waals surface area contributed by atoms with Crippen molar-refractivity contribution >= 4 is 46.3 Å². The zero-order chi connectivity index (χ0) is 19.0. The van der Waals surface area contributed by atoms with E-state index in [4.69, 9.17) is 23.2 Å². The van der Waals surface area contributed by atoms with E-state index in [2.05, 4.69) is 15.3 Å². The van der Waals surface area contributed by atoms with E-state index in [0.29, 0.717) is 27.2 Å². The molecule has 4 rings (SSSR count). The quantitative estimate of drug-likeness (QED) is 0.664. The molecule has 3 aromatic rings. The Bertz CT molecular complexity index is 1010. The van der Waals surface area contributed by atoms with E-state index in [0.717, 1.165) is 12.1 Å². The van der Waals surface area contributed by atoms with Crippen molar-refractivity contribution in [1.82, 2.24) is 9.97 Å². The topological polar surface area (TPSA) is 58.1 Å². The third kappa shape index (κ3) is 3.48. The van der Waals surface area contributed by atoms with E-state index in [1.54, 1.807) is 23.1 Å². The van der Waals surface area contributed by atoms with Gasteiger partial charge in [0.15, 0.2) is 0 Å². The molecule has 1 amide bonds. The van der Waals surface area contributed by atoms with Gasteiger partial charge >= 0.3 is 0 Å². The van der Waals surface area contributed by atoms with Crippen molar-refractivity contribution in [3.05, 3.63) is 76.2 Å². The van der Waals surface area contributed by atoms with Gasteiger partial charge in [-0.05, 0) is 43.2 Å². The van der Waals surface area contributed by atoms with Gasteiger partial charge in [-0.25, -0.2) is 9.97 Å². The van der Waals surface area contributed by atoms with Gasteiger partial charge in [0.1, 0.15) is 11.5 Å². The van der Waals surface area contributed by atoms with Crippen molar-refractivity contribution in [3.8, 4) is 0 Å². The summed E-state index contributed by atoms with van der Waals surface area (Å²) in [4.78, 5) is 23.3. The Kier molecular flexibility index (Phi) is 4.72. The van der Waals surface area contributed by atoms with Crippen LogP contribution in [-0.2, 0) is 6.42 Å². The molecule has 0 fully saturated rings. The van der Waals surface area contributed by atoms with E-state index in [1.165, 1.54) is 18.0 Å². The molecule has 1 atom stereocenters. The highest BCUT2D eigenvalue weighted by atomic mass is 35.5. The number of anilines is 3. The highest BCUT2D eigenvalue weighted by Gasteiger charge is 2.31. The molecular formula is C20H16Cl2N4O. The Morgan fingerprint density at radius 3 is 2.74 bits per heavy atom. The summed E-state index contributed by atoms with van der Waals surface area (Å²) in [6, 6.07) is 13.1. The molecule has 0 saturated carbocycles. The molecule has 1 N–H and O–H groups in total. The van der Waals surface area contributed by atoms with Crippen LogP contribution in [0.3, 0.4) is 0 Å². The summed E-state index contributed by atoms with van der Waals surface area (Å²) >= 11 is 12.1. The van der Waals surface area contributed by atoms with Gasteiger partial charge < -0.3 is 10.2 Å². The number of amides is 1. The molecule has 0 bridgehead atoms. The van der Waals surface area contributed by atoms with Crippen LogP contribution >= 0.6 is 23.2 Å². The van der Waals surface area contributed by atoms with E-state index in [-0.39, 0.29) is 11.9 Å². The lowest BCUT2D eigenvalue weighted by Crippen LogP contribution is -2.36. The first-order chi connectivity index (χ1) is 13.0. The average Bonchev–Trinajstić information content (AvgIpc) is 3.00. The van der Waals surface area contributed by atoms with E-state index < -0.39 is 0 Å². The zero-order valence-corrected chi connectivity index (χ0v) is 16.0. The number of fused-ring (bicyclic) bond motifs is 1. The summed E-state index contributed by atoms with van der Waals surface area (Å²) in [6.45, 7) is 2.03. The summed E-state index contributed by atoms with van der Waals surface area (Å²) in [5, 5.41) is 4.13. The van der Waals surface area contributed by atoms with Crippen molar-refractivity contribution in [2.45, 2.75) is 19.4 Å². The maximum Gasteiger partial charge on any atom is 0.278 e. The Balaban J connectivity index is 1.56. The Hall–Kier alpha value is -2.63. The van der Waals surface area contributed by atoms with Crippen molar-refractivity contribution in [2.24, 2.45) is 0 Å². The fourth-order valence-corrected chi connectivity index (χ4v) is 3.57. The molecule has 1 aliphatic heterocycles. The van der Waals surface area contributed by atoms with Crippen molar-refractivity contribution < 1.29 is 4.79 Å². The molecule has 0 saturated heterocycles. The fourth-order valence-electron chi connectivity index (χ4n) is 3.23. The van der Waals surface area contributed by atoms with Crippen LogP contribution in [0.25, 0.3) is 0 Å². The number of nitrogens with zero attached hydrogens (tertiary/aromatic N) is 3. The Morgan fingerprint density at radius 1 is 1.15 bits per heavy atom. The monoisotopic (exact) mass is 398 g/mol. The average molecular weight is 399 g/mol. The molecule has 0 aliphatic carbocycles. The van der Waals surface area contributed by atoms with Crippen LogP contribution < -0.4 is 10.2 Å². The number of aromatic nitrogens is 2. The molecule has 5 nitrogen and oxygen atoms in total. The van der Waals surface area contributed by atoms with Gasteiger partial charge in [-0.1, -0.05) is 41.4 Å². The number of carbonyl (C=O) groups excluding carboxylic acids is 1. The molecule has 1 aliphatic rings. The SMILES string of the molecule is CC1Cc2ccccc2N1C(=O)c1cnc(Nc2cc(Cl)ccc2Cl)cn1. The van der Waals surface area contributed by atoms with Gasteiger partial charge in [0.25, 0.3) is 5.91 Å². The second-order valence-corrected chi connectivity index (χ2v) is 7.24. The number of carbonyl (C=O) groups is 1. The number of halogens is 2. The first kappa shape index (κ1) is 17.8. The molecule has 2 aromatic carbocycles. The number of benzene rings is 2. The summed E-state index contributed by atoms with van der Waals surface area (Å²) in [5.41, 5.74) is 3.02. The molecule has 0 spiro atoms. The number of para-hydroxylation sites is 1. The lowest BCUT2D eigenvalue weighted by Gasteiger charge is -2.22. The lowest BCUT2D eigenvalue weighted by atomic mass is 10.1. The van der Waals surface area contributed by atoms with Crippen LogP contribution in [0.4, 0.5) is 17.2 Å². The Morgan fingerprint density at radius 2 is 1.96 bits per heavy atom. The molecule has 2 heterocycles. The molecule has 27 heavy (non-hydrogen) atoms. The molecular weight excluding hydrogens is 383 g/mol. The van der Waals surface area contributed by atoms with Crippen molar-refractivity contribution in [2.75, 3.05) is 10.2 Å². The normalized spacial score (nSPS) is 15.5. The molecule has 1 unspecified atom stereocenters. The largest absolute Gasteiger partial charge is 0.338 e. The molecule has 7 heteroatoms. The van der Waals surface area contributed by atoms with Gasteiger partial charge in [-0.3, -0.25) is 4.79 Å². The number of rotatable bonds is 3. The van der Waals surface area contributed by atoms with Gasteiger partial charge in [-0.15, -0.1) is 0 Å². The van der Waals surface area contributed by atoms with Crippen LogP contribution in [0.15, 0.2) is 54.9 Å². The zero-order valence-electron chi connectivity index (χ0n) is 14.5. The second kappa shape index (κ2) is 7.18. The van der Waals surface area contributed by atoms with Crippen LogP contribution in [0.5, 0.6) is 0 Å². The van der Waals surface area contributed by atoms with E-state index in [9.17, 15) is 4.79 Å². The summed E-state index contributed by atoms with van der Waals surface area (Å²) in [7, 11) is 0. The minimum Gasteiger partial charge on any atom is -0.338 e. The highest BCUT2D eigenvalue weighted by Crippen LogP contribution is 2.33. The summed E-state index contributed by atoms with van der Waals surface area (Å²) in [5.74, 6) is 0.317. The van der Waals surface area contributed by atoms with Gasteiger partial charge in [0, 0.05) is 16.8 Å². The van der Waals surface area contributed by atoms with E-state index >= 15 is 0 Å². The summed E-state index contributed by atoms with van der Waals surface area (Å²) < 4.78 is 0. The van der Waals surface area contributed by atoms with Crippen LogP contribution in [0.1, 0.15) is 23.0 Å². The maximum atomic E-state index is 13.0. The van der Waals surface area contributed by atoms with Gasteiger partial charge in [0.2, 0.25) is 0 Å². The van der Waals surface area contributed by atoms with E-state index in [1.807, 2.05) is 31.2 Å². The van der Waals surface area contributed by atoms with Crippen LogP contribution in [0.2, 0.25) is 10.0 Å². The fraction of sp³-hybridized carbons (Fsp3) is 0.150. The number of hydrogen-bond donors (Lipinski definition) is 1. The van der Waals surface area contributed by atoms with Crippen molar-refractivity contribution in [3.63, 3.8) is 0 Å². The Labute approximate surface area is 167 Å². The number of hydrogen-bond acceptors (Lipinski definition) is 4. The molecule has 1 aromatic heterocycles. The third-order valence-electron chi connectivity index (χ3n) is 4.49. The molecule has 136 valence electrons. The van der Waals surface area contributed by atoms with Crippen molar-refractivity contribution in [1.29, 1.82) is 0 Å². The third-order valence-corrected chi connectivity index (χ3v) is 5.05. The number of nitrogens with one attached hydrogen (secondary N) is 1. The smallest absolute Gasteiger partial charge is 0.278 e. The first-order valence-electron chi connectivity index (χ1n) is 8.48. The lowest BCUT2D eigenvalue weighted by molar-refractivity contribution is 0.0976.